The molecular formula is C22H28N2O5S. The molecule has 1 aliphatic rings. The molecule has 0 aliphatic carbocycles. The van der Waals surface area contributed by atoms with E-state index >= 15 is 0 Å². The first-order valence-corrected chi connectivity index (χ1v) is 10.9. The first-order valence-electron chi connectivity index (χ1n) is 9.96. The van der Waals surface area contributed by atoms with Crippen molar-refractivity contribution in [1.29, 1.82) is 0 Å². The van der Waals surface area contributed by atoms with Crippen molar-refractivity contribution >= 4 is 23.5 Å². The highest BCUT2D eigenvalue weighted by Gasteiger charge is 2.33. The normalized spacial score (nSPS) is 14.3. The zero-order valence-corrected chi connectivity index (χ0v) is 19.1. The van der Waals surface area contributed by atoms with Gasteiger partial charge in [0.2, 0.25) is 5.88 Å². The molecule has 30 heavy (non-hydrogen) atoms. The number of ether oxygens (including phenoxy) is 1. The largest absolute Gasteiger partial charge is 0.407 e. The quantitative estimate of drug-likeness (QED) is 0.489. The lowest BCUT2D eigenvalue weighted by Gasteiger charge is -2.35. The van der Waals surface area contributed by atoms with E-state index in [2.05, 4.69) is 25.9 Å². The molecule has 0 atom stereocenters. The van der Waals surface area contributed by atoms with Crippen LogP contribution < -0.4 is 4.74 Å². The highest BCUT2D eigenvalue weighted by Crippen LogP contribution is 2.46. The number of ketones is 1. The number of rotatable bonds is 5. The average molecular weight is 433 g/mol. The van der Waals surface area contributed by atoms with Crippen LogP contribution in [0.2, 0.25) is 0 Å². The fourth-order valence-corrected chi connectivity index (χ4v) is 5.53. The van der Waals surface area contributed by atoms with Crippen molar-refractivity contribution in [3.05, 3.63) is 50.0 Å². The summed E-state index contributed by atoms with van der Waals surface area (Å²) in [5.74, 6) is 0.810. The molecule has 0 radical (unpaired) electrons. The van der Waals surface area contributed by atoms with Crippen LogP contribution in [0.5, 0.6) is 5.88 Å². The van der Waals surface area contributed by atoms with Gasteiger partial charge in [-0.2, -0.15) is 5.10 Å². The van der Waals surface area contributed by atoms with Crippen LogP contribution in [0.1, 0.15) is 73.1 Å². The fourth-order valence-electron chi connectivity index (χ4n) is 3.85. The van der Waals surface area contributed by atoms with E-state index in [4.69, 9.17) is 14.7 Å². The van der Waals surface area contributed by atoms with Gasteiger partial charge in [0.25, 0.3) is 0 Å². The molecule has 8 heteroatoms. The highest BCUT2D eigenvalue weighted by atomic mass is 32.2. The zero-order chi connectivity index (χ0) is 22.6. The fraction of sp³-hybridized carbons (Fsp3) is 0.500. The molecule has 0 unspecified atom stereocenters. The number of thioether (sulfide) groups is 1. The Labute approximate surface area is 180 Å². The lowest BCUT2D eigenvalue weighted by molar-refractivity contribution is -0.134. The molecule has 0 fully saturated rings. The molecule has 7 nitrogen and oxygen atoms in total. The van der Waals surface area contributed by atoms with Gasteiger partial charge in [-0.1, -0.05) is 20.8 Å². The number of hydrogen-bond donors (Lipinski definition) is 0. The second kappa shape index (κ2) is 9.55. The highest BCUT2D eigenvalue weighted by molar-refractivity contribution is 7.99. The summed E-state index contributed by atoms with van der Waals surface area (Å²) < 4.78 is 7.02. The Morgan fingerprint density at radius 1 is 1.20 bits per heavy atom. The van der Waals surface area contributed by atoms with Crippen molar-refractivity contribution in [3.63, 3.8) is 0 Å². The molecule has 0 saturated heterocycles. The van der Waals surface area contributed by atoms with Crippen molar-refractivity contribution in [3.8, 4) is 5.88 Å². The third-order valence-corrected chi connectivity index (χ3v) is 6.68. The predicted molar refractivity (Wildman–Crippen MR) is 118 cm³/mol. The van der Waals surface area contributed by atoms with Crippen LogP contribution in [0.4, 0.5) is 0 Å². The number of benzene rings is 1. The molecule has 2 heterocycles. The van der Waals surface area contributed by atoms with E-state index in [1.807, 2.05) is 31.7 Å². The minimum Gasteiger partial charge on any atom is -0.407 e. The Balaban J connectivity index is 0.00000155. The van der Waals surface area contributed by atoms with Crippen LogP contribution in [-0.4, -0.2) is 27.3 Å². The number of fused-ring (bicyclic) bond motifs is 1. The summed E-state index contributed by atoms with van der Waals surface area (Å²) in [5.41, 5.74) is 4.43. The summed E-state index contributed by atoms with van der Waals surface area (Å²) in [7, 11) is 0. The number of nitrogens with zero attached hydrogens (tertiary/aromatic N) is 2. The first kappa shape index (κ1) is 23.8. The van der Waals surface area contributed by atoms with Crippen molar-refractivity contribution in [1.82, 2.24) is 9.78 Å². The maximum Gasteiger partial charge on any atom is 0.312 e. The van der Waals surface area contributed by atoms with E-state index in [-0.39, 0.29) is 29.5 Å². The molecular weight excluding hydrogens is 404 g/mol. The van der Waals surface area contributed by atoms with Gasteiger partial charge in [0.15, 0.2) is 5.78 Å². The lowest BCUT2D eigenvalue weighted by Crippen LogP contribution is -2.26. The number of aryl methyl sites for hydroxylation is 2. The van der Waals surface area contributed by atoms with Crippen LogP contribution in [0.25, 0.3) is 0 Å². The second-order valence-corrected chi connectivity index (χ2v) is 8.99. The molecule has 2 aromatic rings. The van der Waals surface area contributed by atoms with Gasteiger partial charge in [0.05, 0.1) is 6.20 Å². The van der Waals surface area contributed by atoms with Gasteiger partial charge >= 0.3 is 5.97 Å². The molecule has 1 aromatic heterocycles. The monoisotopic (exact) mass is 432 g/mol. The van der Waals surface area contributed by atoms with E-state index in [0.29, 0.717) is 17.7 Å². The summed E-state index contributed by atoms with van der Waals surface area (Å²) in [6, 6.07) is 1.97. The Hall–Kier alpha value is -2.48. The molecule has 162 valence electrons. The van der Waals surface area contributed by atoms with Gasteiger partial charge in [0.1, 0.15) is 5.56 Å². The van der Waals surface area contributed by atoms with E-state index in [1.54, 1.807) is 11.6 Å². The van der Waals surface area contributed by atoms with Crippen LogP contribution in [0.3, 0.4) is 0 Å². The summed E-state index contributed by atoms with van der Waals surface area (Å²) in [5, 5.41) is 4.25. The molecule has 0 spiro atoms. The minimum absolute atomic E-state index is 0.0246. The van der Waals surface area contributed by atoms with Gasteiger partial charge in [0, 0.05) is 33.4 Å². The topological polar surface area (TPSA) is 95.3 Å². The van der Waals surface area contributed by atoms with Gasteiger partial charge < -0.3 is 4.74 Å². The molecule has 0 saturated carbocycles. The third kappa shape index (κ3) is 4.33. The molecule has 1 aromatic carbocycles. The molecule has 0 N–H and O–H groups in total. The summed E-state index contributed by atoms with van der Waals surface area (Å²) in [6.07, 6.45) is 2.83. The van der Waals surface area contributed by atoms with E-state index in [0.717, 1.165) is 23.3 Å². The Kier molecular flexibility index (Phi) is 7.58. The molecule has 3 rings (SSSR count). The standard InChI is InChI=1S/C22H28N2O3S.O2/c1-7-17(25)27-21-16(12-23-24(21)8-2)19(26)15-11-13(3)20-18(14(15)4)22(5,6)9-10-28-20;1-2/h11-12H,7-10H2,1-6H3;. The van der Waals surface area contributed by atoms with Gasteiger partial charge in [-0.15, -0.1) is 11.8 Å². The Bertz CT molecular complexity index is 965. The molecule has 0 amide bonds. The molecule has 1 aliphatic heterocycles. The SMILES string of the molecule is CCC(=O)Oc1c(C(=O)c2cc(C)c3c(c2C)C(C)(C)CCS3)cnn1CC.O=O. The first-order chi connectivity index (χ1) is 14.2. The van der Waals surface area contributed by atoms with Crippen molar-refractivity contribution in [2.45, 2.75) is 71.2 Å². The predicted octanol–water partition coefficient (Wildman–Crippen LogP) is 4.91. The van der Waals surface area contributed by atoms with Crippen LogP contribution >= 0.6 is 11.8 Å². The zero-order valence-electron chi connectivity index (χ0n) is 18.3. The maximum absolute atomic E-state index is 13.5. The summed E-state index contributed by atoms with van der Waals surface area (Å²) in [6.45, 7) is 12.7. The average Bonchev–Trinajstić information content (AvgIpc) is 3.13. The Morgan fingerprint density at radius 3 is 2.47 bits per heavy atom. The van der Waals surface area contributed by atoms with E-state index < -0.39 is 0 Å². The van der Waals surface area contributed by atoms with Gasteiger partial charge in [-0.05, 0) is 61.1 Å². The third-order valence-electron chi connectivity index (χ3n) is 5.45. The maximum atomic E-state index is 13.5. The second-order valence-electron chi connectivity index (χ2n) is 7.89. The van der Waals surface area contributed by atoms with E-state index in [1.165, 1.54) is 16.7 Å². The van der Waals surface area contributed by atoms with Crippen LogP contribution in [0.15, 0.2) is 17.2 Å². The smallest absolute Gasteiger partial charge is 0.312 e. The number of hydrogen-bond acceptors (Lipinski definition) is 7. The van der Waals surface area contributed by atoms with Gasteiger partial charge in [-0.3, -0.25) is 9.59 Å². The van der Waals surface area contributed by atoms with Crippen LogP contribution in [0, 0.1) is 23.8 Å². The van der Waals surface area contributed by atoms with Gasteiger partial charge in [-0.25, -0.2) is 4.68 Å². The minimum atomic E-state index is -0.375. The Morgan fingerprint density at radius 2 is 1.87 bits per heavy atom. The molecule has 0 bridgehead atoms. The number of carbonyl (C=O) groups excluding carboxylic acids is 2. The number of aromatic nitrogens is 2. The lowest BCUT2D eigenvalue weighted by atomic mass is 9.77. The van der Waals surface area contributed by atoms with Crippen molar-refractivity contribution < 1.29 is 14.3 Å². The van der Waals surface area contributed by atoms with Crippen LogP contribution in [-0.2, 0) is 16.8 Å². The number of carbonyl (C=O) groups is 2. The number of esters is 1. The van der Waals surface area contributed by atoms with Crippen molar-refractivity contribution in [2.75, 3.05) is 5.75 Å². The van der Waals surface area contributed by atoms with E-state index in [9.17, 15) is 9.59 Å². The van der Waals surface area contributed by atoms with Crippen molar-refractivity contribution in [2.24, 2.45) is 0 Å². The summed E-state index contributed by atoms with van der Waals surface area (Å²) in [4.78, 5) is 40.7. The summed E-state index contributed by atoms with van der Waals surface area (Å²) >= 11 is 1.87.